The Hall–Kier alpha value is -1.10. The smallest absolute Gasteiger partial charge is 0.309 e. The summed E-state index contributed by atoms with van der Waals surface area (Å²) in [6.45, 7) is 4.94. The molecule has 0 aromatic rings. The van der Waals surface area contributed by atoms with Crippen molar-refractivity contribution in [2.45, 2.75) is 45.6 Å². The fourth-order valence-electron chi connectivity index (χ4n) is 2.25. The summed E-state index contributed by atoms with van der Waals surface area (Å²) in [4.78, 5) is 23.0. The second-order valence-corrected chi connectivity index (χ2v) is 5.30. The molecule has 0 bridgehead atoms. The van der Waals surface area contributed by atoms with Crippen LogP contribution in [-0.4, -0.2) is 30.9 Å². The van der Waals surface area contributed by atoms with Crippen LogP contribution in [0.1, 0.15) is 39.5 Å². The van der Waals surface area contributed by atoms with Gasteiger partial charge in [-0.05, 0) is 18.3 Å². The van der Waals surface area contributed by atoms with Crippen LogP contribution in [0.25, 0.3) is 0 Å². The normalized spacial score (nSPS) is 22.9. The Kier molecular flexibility index (Phi) is 4.93. The Morgan fingerprint density at radius 3 is 2.59 bits per heavy atom. The maximum Gasteiger partial charge on any atom is 0.309 e. The van der Waals surface area contributed by atoms with Crippen LogP contribution in [0.15, 0.2) is 0 Å². The molecule has 2 amide bonds. The number of rotatable bonds is 3. The molecule has 5 nitrogen and oxygen atoms in total. The highest BCUT2D eigenvalue weighted by atomic mass is 16.2. The van der Waals surface area contributed by atoms with Crippen molar-refractivity contribution in [3.63, 3.8) is 0 Å². The average molecular weight is 241 g/mol. The maximum absolute atomic E-state index is 11.6. The van der Waals surface area contributed by atoms with Gasteiger partial charge < -0.3 is 16.4 Å². The first-order valence-corrected chi connectivity index (χ1v) is 6.26. The van der Waals surface area contributed by atoms with Crippen LogP contribution in [0, 0.1) is 5.41 Å². The van der Waals surface area contributed by atoms with E-state index in [9.17, 15) is 9.59 Å². The number of carbonyl (C=O) groups is 2. The SMILES string of the molecule is CC1(C)CCCCC1NC(=O)C(=O)NCCN. The Bertz CT molecular complexity index is 289. The van der Waals surface area contributed by atoms with Gasteiger partial charge in [0.25, 0.3) is 0 Å². The zero-order valence-corrected chi connectivity index (χ0v) is 10.7. The standard InChI is InChI=1S/C12H23N3O2/c1-12(2)6-4-3-5-9(12)15-11(17)10(16)14-8-7-13/h9H,3-8,13H2,1-2H3,(H,14,16)(H,15,17). The zero-order chi connectivity index (χ0) is 12.9. The van der Waals surface area contributed by atoms with Gasteiger partial charge in [0.15, 0.2) is 0 Å². The summed E-state index contributed by atoms with van der Waals surface area (Å²) >= 11 is 0. The lowest BCUT2D eigenvalue weighted by molar-refractivity contribution is -0.140. The number of hydrogen-bond donors (Lipinski definition) is 3. The molecule has 1 fully saturated rings. The highest BCUT2D eigenvalue weighted by Crippen LogP contribution is 2.35. The first-order valence-electron chi connectivity index (χ1n) is 6.26. The van der Waals surface area contributed by atoms with E-state index < -0.39 is 11.8 Å². The minimum Gasteiger partial charge on any atom is -0.347 e. The van der Waals surface area contributed by atoms with Crippen molar-refractivity contribution in [1.82, 2.24) is 10.6 Å². The zero-order valence-electron chi connectivity index (χ0n) is 10.7. The average Bonchev–Trinajstić information content (AvgIpc) is 2.28. The molecule has 1 rings (SSSR count). The molecule has 1 atom stereocenters. The van der Waals surface area contributed by atoms with E-state index in [1.54, 1.807) is 0 Å². The van der Waals surface area contributed by atoms with E-state index in [1.807, 2.05) is 0 Å². The van der Waals surface area contributed by atoms with Gasteiger partial charge in [-0.15, -0.1) is 0 Å². The molecule has 0 spiro atoms. The largest absolute Gasteiger partial charge is 0.347 e. The van der Waals surface area contributed by atoms with Crippen molar-refractivity contribution < 1.29 is 9.59 Å². The van der Waals surface area contributed by atoms with Crippen molar-refractivity contribution in [2.24, 2.45) is 11.1 Å². The number of nitrogens with one attached hydrogen (secondary N) is 2. The lowest BCUT2D eigenvalue weighted by Gasteiger charge is -2.38. The second-order valence-electron chi connectivity index (χ2n) is 5.30. The molecule has 0 radical (unpaired) electrons. The molecule has 0 saturated heterocycles. The number of carbonyl (C=O) groups excluding carboxylic acids is 2. The molecule has 98 valence electrons. The van der Waals surface area contributed by atoms with Crippen molar-refractivity contribution in [3.05, 3.63) is 0 Å². The van der Waals surface area contributed by atoms with E-state index in [-0.39, 0.29) is 11.5 Å². The molecule has 5 heteroatoms. The van der Waals surface area contributed by atoms with Gasteiger partial charge in [0.2, 0.25) is 0 Å². The number of nitrogens with two attached hydrogens (primary N) is 1. The van der Waals surface area contributed by atoms with E-state index in [4.69, 9.17) is 5.73 Å². The minimum atomic E-state index is -0.586. The molecule has 0 heterocycles. The number of hydrogen-bond acceptors (Lipinski definition) is 3. The first-order chi connectivity index (χ1) is 7.97. The summed E-state index contributed by atoms with van der Waals surface area (Å²) in [7, 11) is 0. The fraction of sp³-hybridized carbons (Fsp3) is 0.833. The molecule has 1 unspecified atom stereocenters. The Morgan fingerprint density at radius 1 is 1.29 bits per heavy atom. The third-order valence-corrected chi connectivity index (χ3v) is 3.45. The third kappa shape index (κ3) is 4.00. The van der Waals surface area contributed by atoms with Crippen LogP contribution in [-0.2, 0) is 9.59 Å². The highest BCUT2D eigenvalue weighted by molar-refractivity contribution is 6.35. The summed E-state index contributed by atoms with van der Waals surface area (Å²) in [5.74, 6) is -1.13. The molecule has 0 aromatic heterocycles. The second kappa shape index (κ2) is 6.00. The van der Waals surface area contributed by atoms with Gasteiger partial charge in [-0.25, -0.2) is 0 Å². The third-order valence-electron chi connectivity index (χ3n) is 3.45. The van der Waals surface area contributed by atoms with Gasteiger partial charge in [-0.3, -0.25) is 9.59 Å². The lowest BCUT2D eigenvalue weighted by Crippen LogP contribution is -2.51. The van der Waals surface area contributed by atoms with E-state index in [1.165, 1.54) is 6.42 Å². The van der Waals surface area contributed by atoms with Crippen LogP contribution in [0.2, 0.25) is 0 Å². The van der Waals surface area contributed by atoms with Gasteiger partial charge in [0, 0.05) is 19.1 Å². The maximum atomic E-state index is 11.6. The van der Waals surface area contributed by atoms with E-state index in [2.05, 4.69) is 24.5 Å². The summed E-state index contributed by atoms with van der Waals surface area (Å²) in [5.41, 5.74) is 5.33. The fourth-order valence-corrected chi connectivity index (χ4v) is 2.25. The Balaban J connectivity index is 2.46. The molecule has 0 aromatic carbocycles. The highest BCUT2D eigenvalue weighted by Gasteiger charge is 2.34. The molecular weight excluding hydrogens is 218 g/mol. The molecule has 4 N–H and O–H groups in total. The summed E-state index contributed by atoms with van der Waals surface area (Å²) in [6.07, 6.45) is 4.34. The van der Waals surface area contributed by atoms with Gasteiger partial charge in [0.05, 0.1) is 0 Å². The summed E-state index contributed by atoms with van der Waals surface area (Å²) in [5, 5.41) is 5.30. The van der Waals surface area contributed by atoms with Crippen molar-refractivity contribution in [1.29, 1.82) is 0 Å². The topological polar surface area (TPSA) is 84.2 Å². The molecular formula is C12H23N3O2. The summed E-state index contributed by atoms with van der Waals surface area (Å²) in [6, 6.07) is 0.0902. The van der Waals surface area contributed by atoms with Crippen molar-refractivity contribution in [3.8, 4) is 0 Å². The molecule has 1 saturated carbocycles. The van der Waals surface area contributed by atoms with Crippen LogP contribution in [0.4, 0.5) is 0 Å². The quantitative estimate of drug-likeness (QED) is 0.615. The molecule has 1 aliphatic rings. The first kappa shape index (κ1) is 14.0. The monoisotopic (exact) mass is 241 g/mol. The molecule has 1 aliphatic carbocycles. The van der Waals surface area contributed by atoms with Crippen molar-refractivity contribution >= 4 is 11.8 Å². The van der Waals surface area contributed by atoms with Gasteiger partial charge in [0.1, 0.15) is 0 Å². The lowest BCUT2D eigenvalue weighted by atomic mass is 9.73. The summed E-state index contributed by atoms with van der Waals surface area (Å²) < 4.78 is 0. The van der Waals surface area contributed by atoms with Gasteiger partial charge in [-0.1, -0.05) is 26.7 Å². The van der Waals surface area contributed by atoms with Crippen LogP contribution >= 0.6 is 0 Å². The van der Waals surface area contributed by atoms with Crippen LogP contribution < -0.4 is 16.4 Å². The number of amides is 2. The van der Waals surface area contributed by atoms with E-state index in [0.717, 1.165) is 19.3 Å². The van der Waals surface area contributed by atoms with Gasteiger partial charge in [-0.2, -0.15) is 0 Å². The van der Waals surface area contributed by atoms with Crippen molar-refractivity contribution in [2.75, 3.05) is 13.1 Å². The van der Waals surface area contributed by atoms with E-state index in [0.29, 0.717) is 13.1 Å². The Labute approximate surface area is 103 Å². The van der Waals surface area contributed by atoms with Gasteiger partial charge >= 0.3 is 11.8 Å². The molecule has 17 heavy (non-hydrogen) atoms. The molecule has 0 aliphatic heterocycles. The Morgan fingerprint density at radius 2 is 2.00 bits per heavy atom. The predicted octanol–water partition coefficient (Wildman–Crippen LogP) is 0.146. The predicted molar refractivity (Wildman–Crippen MR) is 66.2 cm³/mol. The van der Waals surface area contributed by atoms with Crippen LogP contribution in [0.5, 0.6) is 0 Å². The van der Waals surface area contributed by atoms with E-state index >= 15 is 0 Å². The van der Waals surface area contributed by atoms with Crippen LogP contribution in [0.3, 0.4) is 0 Å². The minimum absolute atomic E-state index is 0.0715.